The minimum absolute atomic E-state index is 0.0892. The zero-order valence-corrected chi connectivity index (χ0v) is 14.9. The first-order chi connectivity index (χ1) is 8.31. The molecule has 18 heavy (non-hydrogen) atoms. The summed E-state index contributed by atoms with van der Waals surface area (Å²) in [4.78, 5) is -0.0894. The molecule has 0 aliphatic carbocycles. The molecular weight excluding hydrogens is 429 g/mol. The topological polar surface area (TPSA) is 46.2 Å². The summed E-state index contributed by atoms with van der Waals surface area (Å²) in [7, 11) is -3.73. The quantitative estimate of drug-likeness (QED) is 0.698. The van der Waals surface area contributed by atoms with Crippen molar-refractivity contribution in [3.8, 4) is 0 Å². The van der Waals surface area contributed by atoms with Crippen LogP contribution in [0, 0.1) is 0 Å². The molecule has 1 unspecified atom stereocenters. The minimum atomic E-state index is -3.73. The number of nitrogens with one attached hydrogen (secondary N) is 1. The van der Waals surface area contributed by atoms with Crippen LogP contribution in [0.4, 0.5) is 0 Å². The van der Waals surface area contributed by atoms with Crippen LogP contribution in [-0.4, -0.2) is 19.8 Å². The smallest absolute Gasteiger partial charge is 0.207 e. The van der Waals surface area contributed by atoms with Crippen LogP contribution in [-0.2, 0) is 10.0 Å². The maximum Gasteiger partial charge on any atom is 0.243 e. The van der Waals surface area contributed by atoms with Gasteiger partial charge in [0.1, 0.15) is 4.90 Å². The second-order valence-electron chi connectivity index (χ2n) is 3.58. The molecule has 0 saturated carbocycles. The molecule has 1 aromatic rings. The first kappa shape index (κ1) is 16.7. The van der Waals surface area contributed by atoms with Gasteiger partial charge in [-0.1, -0.05) is 62.0 Å². The Morgan fingerprint density at radius 2 is 1.83 bits per heavy atom. The molecule has 0 aromatic heterocycles. The molecule has 0 radical (unpaired) electrons. The molecule has 0 saturated heterocycles. The average Bonchev–Trinajstić information content (AvgIpc) is 2.23. The monoisotopic (exact) mass is 437 g/mol. The van der Waals surface area contributed by atoms with Gasteiger partial charge in [0, 0.05) is 15.8 Å². The molecule has 8 heteroatoms. The van der Waals surface area contributed by atoms with Crippen LogP contribution in [0.15, 0.2) is 21.5 Å². The van der Waals surface area contributed by atoms with Crippen LogP contribution in [0.25, 0.3) is 0 Å². The van der Waals surface area contributed by atoms with Gasteiger partial charge in [0.05, 0.1) is 10.0 Å². The van der Waals surface area contributed by atoms with Crippen molar-refractivity contribution in [3.05, 3.63) is 26.7 Å². The average molecular weight is 440 g/mol. The Balaban J connectivity index is 3.21. The van der Waals surface area contributed by atoms with Crippen LogP contribution < -0.4 is 4.72 Å². The zero-order valence-electron chi connectivity index (χ0n) is 9.38. The van der Waals surface area contributed by atoms with E-state index < -0.39 is 10.0 Å². The lowest BCUT2D eigenvalue weighted by Crippen LogP contribution is -2.35. The van der Waals surface area contributed by atoms with E-state index in [9.17, 15) is 8.42 Å². The van der Waals surface area contributed by atoms with Crippen LogP contribution in [0.2, 0.25) is 10.0 Å². The number of hydrogen-bond donors (Lipinski definition) is 1. The van der Waals surface area contributed by atoms with Crippen molar-refractivity contribution in [1.82, 2.24) is 4.72 Å². The van der Waals surface area contributed by atoms with E-state index in [0.29, 0.717) is 16.2 Å². The molecule has 0 bridgehead atoms. The summed E-state index contributed by atoms with van der Waals surface area (Å²) >= 11 is 18.3. The van der Waals surface area contributed by atoms with Crippen molar-refractivity contribution >= 4 is 65.1 Å². The summed E-state index contributed by atoms with van der Waals surface area (Å²) < 4.78 is 27.6. The third kappa shape index (κ3) is 4.08. The Kier molecular flexibility index (Phi) is 6.41. The fraction of sp³-hybridized carbons (Fsp3) is 0.400. The molecule has 0 heterocycles. The van der Waals surface area contributed by atoms with Crippen molar-refractivity contribution < 1.29 is 8.42 Å². The number of alkyl halides is 1. The fourth-order valence-corrected chi connectivity index (χ4v) is 5.38. The van der Waals surface area contributed by atoms with Crippen molar-refractivity contribution in [3.63, 3.8) is 0 Å². The van der Waals surface area contributed by atoms with Gasteiger partial charge in [-0.2, -0.15) is 0 Å². The Labute approximate surface area is 134 Å². The van der Waals surface area contributed by atoms with E-state index in [1.54, 1.807) is 0 Å². The number of sulfonamides is 1. The van der Waals surface area contributed by atoms with Crippen LogP contribution in [0.5, 0.6) is 0 Å². The van der Waals surface area contributed by atoms with Gasteiger partial charge in [0.25, 0.3) is 0 Å². The van der Waals surface area contributed by atoms with Crippen molar-refractivity contribution in [2.75, 3.05) is 5.33 Å². The van der Waals surface area contributed by atoms with Crippen molar-refractivity contribution in [2.45, 2.75) is 24.3 Å². The summed E-state index contributed by atoms with van der Waals surface area (Å²) in [5.74, 6) is 0. The maximum atomic E-state index is 12.2. The molecule has 0 aliphatic heterocycles. The van der Waals surface area contributed by atoms with Gasteiger partial charge < -0.3 is 0 Å². The molecule has 1 N–H and O–H groups in total. The predicted molar refractivity (Wildman–Crippen MR) is 82.4 cm³/mol. The number of halogens is 4. The highest BCUT2D eigenvalue weighted by molar-refractivity contribution is 9.10. The first-order valence-corrected chi connectivity index (χ1v) is 9.20. The van der Waals surface area contributed by atoms with E-state index in [4.69, 9.17) is 23.2 Å². The number of hydrogen-bond acceptors (Lipinski definition) is 2. The summed E-state index contributed by atoms with van der Waals surface area (Å²) in [6, 6.07) is 2.79. The van der Waals surface area contributed by atoms with E-state index in [1.807, 2.05) is 6.92 Å². The molecule has 3 nitrogen and oxygen atoms in total. The van der Waals surface area contributed by atoms with E-state index in [2.05, 4.69) is 36.6 Å². The van der Waals surface area contributed by atoms with Crippen LogP contribution in [0.3, 0.4) is 0 Å². The van der Waals surface area contributed by atoms with Gasteiger partial charge in [0.15, 0.2) is 0 Å². The predicted octanol–water partition coefficient (Wildman–Crippen LogP) is 4.21. The number of benzene rings is 1. The summed E-state index contributed by atoms with van der Waals surface area (Å²) in [5, 5.41) is 0.701. The molecule has 0 aliphatic rings. The molecular formula is C10H11Br2Cl2NO2S. The summed E-state index contributed by atoms with van der Waals surface area (Å²) in [6.07, 6.45) is 0.663. The first-order valence-electron chi connectivity index (χ1n) is 5.04. The lowest BCUT2D eigenvalue weighted by Gasteiger charge is -2.16. The zero-order chi connectivity index (χ0) is 13.9. The van der Waals surface area contributed by atoms with E-state index in [1.165, 1.54) is 12.1 Å². The van der Waals surface area contributed by atoms with Gasteiger partial charge in [-0.05, 0) is 18.6 Å². The second-order valence-corrected chi connectivity index (χ2v) is 7.61. The molecule has 1 atom stereocenters. The Morgan fingerprint density at radius 3 is 2.22 bits per heavy atom. The van der Waals surface area contributed by atoms with Gasteiger partial charge in [0.2, 0.25) is 10.0 Å². The number of rotatable bonds is 5. The highest BCUT2D eigenvalue weighted by atomic mass is 79.9. The molecule has 1 rings (SSSR count). The fourth-order valence-electron chi connectivity index (χ4n) is 1.29. The van der Waals surface area contributed by atoms with E-state index >= 15 is 0 Å². The Morgan fingerprint density at radius 1 is 1.33 bits per heavy atom. The third-order valence-corrected chi connectivity index (χ3v) is 5.91. The van der Waals surface area contributed by atoms with Gasteiger partial charge in [-0.3, -0.25) is 0 Å². The molecule has 102 valence electrons. The standard InChI is InChI=1S/C10H11Br2Cl2NO2S/c1-2-7(5-11)15-18(16,17)10-8(13)3-6(12)4-9(10)14/h3-4,7,15H,2,5H2,1H3. The summed E-state index contributed by atoms with van der Waals surface area (Å²) in [5.41, 5.74) is 0. The Bertz CT molecular complexity index is 510. The van der Waals surface area contributed by atoms with E-state index in [-0.39, 0.29) is 21.0 Å². The van der Waals surface area contributed by atoms with Gasteiger partial charge >= 0.3 is 0 Å². The third-order valence-electron chi connectivity index (χ3n) is 2.23. The molecule has 0 fully saturated rings. The lowest BCUT2D eigenvalue weighted by atomic mass is 10.3. The molecule has 1 aromatic carbocycles. The minimum Gasteiger partial charge on any atom is -0.207 e. The highest BCUT2D eigenvalue weighted by Gasteiger charge is 2.24. The SMILES string of the molecule is CCC(CBr)NS(=O)(=O)c1c(Cl)cc(Br)cc1Cl. The van der Waals surface area contributed by atoms with Crippen molar-refractivity contribution in [1.29, 1.82) is 0 Å². The van der Waals surface area contributed by atoms with Crippen LogP contribution >= 0.6 is 55.1 Å². The highest BCUT2D eigenvalue weighted by Crippen LogP contribution is 2.32. The van der Waals surface area contributed by atoms with Crippen LogP contribution in [0.1, 0.15) is 13.3 Å². The van der Waals surface area contributed by atoms with Gasteiger partial charge in [-0.25, -0.2) is 13.1 Å². The molecule has 0 amide bonds. The largest absolute Gasteiger partial charge is 0.243 e. The lowest BCUT2D eigenvalue weighted by molar-refractivity contribution is 0.559. The van der Waals surface area contributed by atoms with E-state index in [0.717, 1.165) is 0 Å². The Hall–Kier alpha value is 0.670. The van der Waals surface area contributed by atoms with Gasteiger partial charge in [-0.15, -0.1) is 0 Å². The molecule has 0 spiro atoms. The normalized spacial score (nSPS) is 13.6. The van der Waals surface area contributed by atoms with Crippen molar-refractivity contribution in [2.24, 2.45) is 0 Å². The maximum absolute atomic E-state index is 12.2. The summed E-state index contributed by atoms with van der Waals surface area (Å²) in [6.45, 7) is 1.89. The second kappa shape index (κ2) is 6.90.